The lowest BCUT2D eigenvalue weighted by Gasteiger charge is -2.38. The molecule has 3 heterocycles. The minimum Gasteiger partial charge on any atom is -0.481 e. The lowest BCUT2D eigenvalue weighted by molar-refractivity contribution is 0.00629. The number of hydrogen-bond acceptors (Lipinski definition) is 10. The van der Waals surface area contributed by atoms with Gasteiger partial charge in [0.1, 0.15) is 11.2 Å². The zero-order valence-electron chi connectivity index (χ0n) is 46.9. The minimum absolute atomic E-state index is 0.365. The van der Waals surface area contributed by atoms with Crippen molar-refractivity contribution in [3.05, 3.63) is 233 Å². The lowest BCUT2D eigenvalue weighted by Crippen LogP contribution is -2.35. The molecule has 1 aliphatic rings. The van der Waals surface area contributed by atoms with Crippen LogP contribution >= 0.6 is 0 Å². The van der Waals surface area contributed by atoms with Gasteiger partial charge in [0.2, 0.25) is 11.8 Å². The van der Waals surface area contributed by atoms with Crippen LogP contribution < -0.4 is 9.47 Å². The molecule has 0 spiro atoms. The molecule has 10 rings (SSSR count). The van der Waals surface area contributed by atoms with Gasteiger partial charge in [-0.1, -0.05) is 164 Å². The number of benzene rings is 7. The molecule has 412 valence electrons. The summed E-state index contributed by atoms with van der Waals surface area (Å²) in [5.74, 6) is 0.189. The first-order valence-corrected chi connectivity index (χ1v) is 28.3. The molecule has 80 heavy (non-hydrogen) atoms. The second-order valence-electron chi connectivity index (χ2n) is 21.6. The van der Waals surface area contributed by atoms with Crippen LogP contribution in [0.1, 0.15) is 114 Å². The highest BCUT2D eigenvalue weighted by molar-refractivity contribution is 5.89. The molecular weight excluding hydrogens is 991 g/mol. The maximum absolute atomic E-state index is 13.1. The molecule has 10 nitrogen and oxygen atoms in total. The van der Waals surface area contributed by atoms with Gasteiger partial charge in [0.25, 0.3) is 0 Å². The van der Waals surface area contributed by atoms with Crippen molar-refractivity contribution in [2.75, 3.05) is 54.5 Å². The molecule has 1 aliphatic heterocycles. The van der Waals surface area contributed by atoms with E-state index in [0.29, 0.717) is 24.6 Å². The topological polar surface area (TPSA) is 124 Å². The molecule has 0 amide bonds. The van der Waals surface area contributed by atoms with Gasteiger partial charge in [0.15, 0.2) is 0 Å². The molecule has 0 saturated carbocycles. The van der Waals surface area contributed by atoms with Crippen molar-refractivity contribution in [2.24, 2.45) is 5.16 Å². The Bertz CT molecular complexity index is 3480. The van der Waals surface area contributed by atoms with E-state index in [-0.39, 0.29) is 5.92 Å². The van der Waals surface area contributed by atoms with Gasteiger partial charge in [-0.05, 0) is 178 Å². The van der Waals surface area contributed by atoms with Crippen LogP contribution in [0.5, 0.6) is 11.8 Å². The van der Waals surface area contributed by atoms with E-state index in [4.69, 9.17) is 24.6 Å². The average molecular weight is 1070 g/mol. The zero-order valence-corrected chi connectivity index (χ0v) is 46.9. The van der Waals surface area contributed by atoms with Crippen molar-refractivity contribution < 1.29 is 24.9 Å². The standard InChI is InChI=1S/C35H37N3O3.C35H40N2O2/c1-38(2)20-10-9-19-35(39,30-17-16-26-11-7-8-14-28(26)22-30)33(27-12-5-4-6-13-27)31-23-29-21-25(24-36-40)15-18-32(29)37-34(31)41-3;1-3-27-19-20-32-29(25-27)26-31(34(36-32)39-2)33(28-15-7-4-8-16-28)35(38,30-17-9-5-10-18-30)21-11-14-24-37-22-12-6-13-23-37/h4-8,11-18,21-24,33,39-40H,9-10,19-20H2,1-3H3;3-5,7-10,15-20,25-26,33,38H,1,6,11-14,21-24H2,2H3/b36-24+;. The SMILES string of the molecule is C=Cc1ccc2nc(OC)c(C(c3ccccc3)C(O)(CCCCN3CCCCC3)c3ccccc3)cc2c1.COc1nc2ccc(/C=N/O)cc2cc1C(c1ccccc1)C(O)(CCCCN(C)C)c1ccc2ccccc2c1. The van der Waals surface area contributed by atoms with Gasteiger partial charge in [-0.3, -0.25) is 0 Å². The van der Waals surface area contributed by atoms with Gasteiger partial charge < -0.3 is 34.7 Å². The lowest BCUT2D eigenvalue weighted by atomic mass is 9.71. The molecule has 1 fully saturated rings. The van der Waals surface area contributed by atoms with Gasteiger partial charge in [-0.2, -0.15) is 0 Å². The molecule has 4 atom stereocenters. The molecular formula is C70H77N5O5. The van der Waals surface area contributed by atoms with E-state index in [1.54, 1.807) is 14.2 Å². The predicted molar refractivity (Wildman–Crippen MR) is 327 cm³/mol. The number of fused-ring (bicyclic) bond motifs is 3. The molecule has 3 N–H and O–H groups in total. The number of oxime groups is 1. The quantitative estimate of drug-likeness (QED) is 0.0263. The molecule has 1 saturated heterocycles. The first-order valence-electron chi connectivity index (χ1n) is 28.3. The van der Waals surface area contributed by atoms with Crippen molar-refractivity contribution in [1.82, 2.24) is 19.8 Å². The monoisotopic (exact) mass is 1070 g/mol. The highest BCUT2D eigenvalue weighted by atomic mass is 16.5. The molecule has 2 aromatic heterocycles. The summed E-state index contributed by atoms with van der Waals surface area (Å²) in [6.45, 7) is 8.37. The van der Waals surface area contributed by atoms with Gasteiger partial charge in [0.05, 0.1) is 31.5 Å². The van der Waals surface area contributed by atoms with Gasteiger partial charge in [-0.15, -0.1) is 0 Å². The van der Waals surface area contributed by atoms with E-state index < -0.39 is 17.1 Å². The van der Waals surface area contributed by atoms with Crippen LogP contribution in [-0.4, -0.2) is 95.9 Å². The van der Waals surface area contributed by atoms with Crippen LogP contribution in [0, 0.1) is 0 Å². The maximum atomic E-state index is 13.1. The summed E-state index contributed by atoms with van der Waals surface area (Å²) in [6.07, 6.45) is 12.2. The van der Waals surface area contributed by atoms with Crippen molar-refractivity contribution in [3.8, 4) is 11.8 Å². The molecule has 4 unspecified atom stereocenters. The Morgan fingerprint density at radius 2 is 1.07 bits per heavy atom. The fourth-order valence-corrected chi connectivity index (χ4v) is 11.9. The van der Waals surface area contributed by atoms with Crippen LogP contribution in [0.4, 0.5) is 0 Å². The number of piperidine rings is 1. The van der Waals surface area contributed by atoms with E-state index in [1.807, 2.05) is 103 Å². The third-order valence-electron chi connectivity index (χ3n) is 16.0. The highest BCUT2D eigenvalue weighted by Crippen LogP contribution is 2.50. The first kappa shape index (κ1) is 57.0. The number of methoxy groups -OCH3 is 2. The number of ether oxygens (including phenoxy) is 2. The molecule has 0 radical (unpaired) electrons. The highest BCUT2D eigenvalue weighted by Gasteiger charge is 2.44. The number of rotatable bonds is 22. The second kappa shape index (κ2) is 27.0. The number of unbranched alkanes of at least 4 members (excludes halogenated alkanes) is 2. The van der Waals surface area contributed by atoms with E-state index in [0.717, 1.165) is 116 Å². The molecule has 0 aliphatic carbocycles. The molecule has 7 aromatic carbocycles. The van der Waals surface area contributed by atoms with Gasteiger partial charge in [0, 0.05) is 33.7 Å². The number of nitrogens with zero attached hydrogens (tertiary/aromatic N) is 5. The Labute approximate surface area is 472 Å². The summed E-state index contributed by atoms with van der Waals surface area (Å²) in [5, 5.41) is 42.3. The number of aliphatic hydroxyl groups is 2. The van der Waals surface area contributed by atoms with Crippen LogP contribution in [0.3, 0.4) is 0 Å². The maximum Gasteiger partial charge on any atom is 0.217 e. The number of hydrogen-bond donors (Lipinski definition) is 3. The summed E-state index contributed by atoms with van der Waals surface area (Å²) in [4.78, 5) is 14.5. The first-order chi connectivity index (χ1) is 39.0. The fraction of sp³-hybridized carbons (Fsp3) is 0.300. The molecule has 0 bridgehead atoms. The van der Waals surface area contributed by atoms with Crippen LogP contribution in [0.15, 0.2) is 194 Å². The third kappa shape index (κ3) is 13.3. The predicted octanol–water partition coefficient (Wildman–Crippen LogP) is 14.5. The number of pyridine rings is 2. The minimum atomic E-state index is -1.26. The zero-order chi connectivity index (χ0) is 55.9. The number of likely N-dealkylation sites (tertiary alicyclic amines) is 1. The van der Waals surface area contributed by atoms with Gasteiger partial charge in [-0.25, -0.2) is 9.97 Å². The van der Waals surface area contributed by atoms with Crippen molar-refractivity contribution in [3.63, 3.8) is 0 Å². The van der Waals surface area contributed by atoms with Crippen LogP contribution in [0.25, 0.3) is 38.7 Å². The Morgan fingerprint density at radius 3 is 1.62 bits per heavy atom. The van der Waals surface area contributed by atoms with E-state index in [2.05, 4.69) is 121 Å². The van der Waals surface area contributed by atoms with E-state index in [9.17, 15) is 10.2 Å². The Balaban J connectivity index is 0.000000194. The summed E-state index contributed by atoms with van der Waals surface area (Å²) < 4.78 is 11.8. The Kier molecular flexibility index (Phi) is 19.2. The van der Waals surface area contributed by atoms with Crippen molar-refractivity contribution in [1.29, 1.82) is 0 Å². The fourth-order valence-electron chi connectivity index (χ4n) is 11.9. The summed E-state index contributed by atoms with van der Waals surface area (Å²) in [6, 6.07) is 61.1. The normalized spacial score (nSPS) is 15.2. The Morgan fingerprint density at radius 1 is 0.562 bits per heavy atom. The smallest absolute Gasteiger partial charge is 0.217 e. The molecule has 10 heteroatoms. The van der Waals surface area contributed by atoms with Gasteiger partial charge >= 0.3 is 0 Å². The van der Waals surface area contributed by atoms with Crippen molar-refractivity contribution in [2.45, 2.75) is 80.8 Å². The number of aromatic nitrogens is 2. The van der Waals surface area contributed by atoms with Crippen LogP contribution in [0.2, 0.25) is 0 Å². The Hall–Kier alpha value is -7.73. The average Bonchev–Trinajstić information content (AvgIpc) is 3.51. The largest absolute Gasteiger partial charge is 0.481 e. The van der Waals surface area contributed by atoms with E-state index >= 15 is 0 Å². The molecule has 9 aromatic rings. The summed E-state index contributed by atoms with van der Waals surface area (Å²) in [7, 11) is 7.43. The van der Waals surface area contributed by atoms with E-state index in [1.165, 1.54) is 38.6 Å². The summed E-state index contributed by atoms with van der Waals surface area (Å²) >= 11 is 0. The van der Waals surface area contributed by atoms with Crippen LogP contribution in [-0.2, 0) is 11.2 Å². The second-order valence-corrected chi connectivity index (χ2v) is 21.6. The van der Waals surface area contributed by atoms with Crippen molar-refractivity contribution >= 4 is 44.9 Å². The summed E-state index contributed by atoms with van der Waals surface area (Å²) in [5.41, 5.74) is 6.47. The third-order valence-corrected chi connectivity index (χ3v) is 16.0.